The molecule has 0 bridgehead atoms. The third-order valence-electron chi connectivity index (χ3n) is 5.51. The van der Waals surface area contributed by atoms with Gasteiger partial charge in [-0.3, -0.25) is 25.1 Å². The van der Waals surface area contributed by atoms with E-state index in [0.29, 0.717) is 16.4 Å². The third-order valence-corrected chi connectivity index (χ3v) is 6.42. The normalized spacial score (nSPS) is 18.9. The molecule has 5 rings (SSSR count). The van der Waals surface area contributed by atoms with Crippen molar-refractivity contribution in [1.29, 1.82) is 5.41 Å². The minimum absolute atomic E-state index is 0.0137. The maximum atomic E-state index is 12.6. The maximum absolute atomic E-state index is 12.6. The second kappa shape index (κ2) is 8.71. The molecule has 1 saturated heterocycles. The van der Waals surface area contributed by atoms with Crippen molar-refractivity contribution in [2.75, 3.05) is 13.1 Å². The van der Waals surface area contributed by atoms with Crippen molar-refractivity contribution >= 4 is 51.4 Å². The molecule has 1 aromatic heterocycles. The molecule has 1 aromatic carbocycles. The molecule has 3 aliphatic rings. The Morgan fingerprint density at radius 2 is 2.06 bits per heavy atom. The van der Waals surface area contributed by atoms with Crippen LogP contribution in [0, 0.1) is 15.5 Å². The summed E-state index contributed by atoms with van der Waals surface area (Å²) in [6.07, 6.45) is 3.48. The highest BCUT2D eigenvalue weighted by atomic mass is 32.2. The average molecular weight is 478 g/mol. The van der Waals surface area contributed by atoms with Crippen LogP contribution < -0.4 is 0 Å². The molecule has 0 spiro atoms. The fourth-order valence-electron chi connectivity index (χ4n) is 3.81. The number of carbonyl (C=O) groups excluding carboxylic acids is 2. The zero-order valence-corrected chi connectivity index (χ0v) is 18.6. The van der Waals surface area contributed by atoms with Gasteiger partial charge >= 0.3 is 0 Å². The zero-order valence-electron chi connectivity index (χ0n) is 17.8. The summed E-state index contributed by atoms with van der Waals surface area (Å²) in [5.74, 6) is -0.138. The number of aliphatic imine (C=N–C) groups is 1. The smallest absolute Gasteiger partial charge is 0.283 e. The van der Waals surface area contributed by atoms with Crippen LogP contribution in [-0.4, -0.2) is 55.8 Å². The molecule has 11 nitrogen and oxygen atoms in total. The lowest BCUT2D eigenvalue weighted by Gasteiger charge is -2.19. The van der Waals surface area contributed by atoms with Crippen LogP contribution in [0.5, 0.6) is 0 Å². The van der Waals surface area contributed by atoms with Crippen molar-refractivity contribution in [2.45, 2.75) is 19.3 Å². The molecule has 1 fully saturated rings. The Hall–Kier alpha value is -4.06. The quantitative estimate of drug-likeness (QED) is 0.393. The first kappa shape index (κ1) is 21.8. The summed E-state index contributed by atoms with van der Waals surface area (Å²) in [5.41, 5.74) is 0.431. The largest absolute Gasteiger partial charge is 0.457 e. The highest BCUT2D eigenvalue weighted by molar-refractivity contribution is 8.27. The number of hydrogen-bond acceptors (Lipinski definition) is 8. The van der Waals surface area contributed by atoms with Crippen LogP contribution in [0.4, 0.5) is 5.69 Å². The average Bonchev–Trinajstić information content (AvgIpc) is 3.58. The number of hydrogen-bond donors (Lipinski definition) is 1. The Labute approximate surface area is 197 Å². The molecule has 12 heteroatoms. The van der Waals surface area contributed by atoms with Gasteiger partial charge in [0, 0.05) is 30.8 Å². The summed E-state index contributed by atoms with van der Waals surface area (Å²) in [4.78, 5) is 41.4. The number of thioether (sulfide) groups is 1. The van der Waals surface area contributed by atoms with Gasteiger partial charge in [-0.15, -0.1) is 0 Å². The first-order valence-corrected chi connectivity index (χ1v) is 11.3. The van der Waals surface area contributed by atoms with Gasteiger partial charge in [-0.2, -0.15) is 15.1 Å². The van der Waals surface area contributed by atoms with E-state index in [2.05, 4.69) is 10.1 Å². The minimum atomic E-state index is -0.612. The van der Waals surface area contributed by atoms with Crippen LogP contribution in [0.1, 0.15) is 25.0 Å². The van der Waals surface area contributed by atoms with Gasteiger partial charge < -0.3 is 9.32 Å². The number of non-ortho nitro benzene ring substituents is 1. The van der Waals surface area contributed by atoms with Crippen LogP contribution in [0.3, 0.4) is 0 Å². The number of benzene rings is 1. The van der Waals surface area contributed by atoms with E-state index in [0.717, 1.165) is 37.7 Å². The van der Waals surface area contributed by atoms with Crippen molar-refractivity contribution in [1.82, 2.24) is 9.91 Å². The van der Waals surface area contributed by atoms with Crippen LogP contribution in [0.15, 0.2) is 56.5 Å². The molecule has 2 amide bonds. The second-order valence-electron chi connectivity index (χ2n) is 7.79. The van der Waals surface area contributed by atoms with Crippen LogP contribution in [0.2, 0.25) is 0 Å². The summed E-state index contributed by atoms with van der Waals surface area (Å²) < 4.78 is 5.74. The maximum Gasteiger partial charge on any atom is 0.283 e. The molecule has 3 aliphatic heterocycles. The lowest BCUT2D eigenvalue weighted by atomic mass is 10.1. The molecule has 1 N–H and O–H groups in total. The number of furan rings is 1. The first-order chi connectivity index (χ1) is 16.4. The number of hydrazone groups is 1. The van der Waals surface area contributed by atoms with Gasteiger partial charge in [0.25, 0.3) is 11.6 Å². The van der Waals surface area contributed by atoms with Crippen LogP contribution in [-0.2, 0) is 9.59 Å². The molecule has 34 heavy (non-hydrogen) atoms. The molecule has 0 saturated carbocycles. The Bertz CT molecular complexity index is 1320. The Morgan fingerprint density at radius 1 is 1.26 bits per heavy atom. The number of amidine groups is 2. The molecule has 172 valence electrons. The summed E-state index contributed by atoms with van der Waals surface area (Å²) >= 11 is 1.11. The molecule has 0 unspecified atom stereocenters. The van der Waals surface area contributed by atoms with E-state index < -0.39 is 10.8 Å². The van der Waals surface area contributed by atoms with E-state index in [-0.39, 0.29) is 40.4 Å². The Balaban J connectivity index is 1.35. The SMILES string of the molecule is N=C1/C(=C/c2ccc(-c3cccc([N+](=O)[O-])c3)o2)C(=O)N=C2SC(CC(=O)N3CCCC3)=NN12. The monoisotopic (exact) mass is 478 g/mol. The third kappa shape index (κ3) is 4.15. The molecule has 4 heterocycles. The van der Waals surface area contributed by atoms with E-state index in [9.17, 15) is 19.7 Å². The number of amides is 2. The Kier molecular flexibility index (Phi) is 5.57. The number of nitrogens with one attached hydrogen (secondary N) is 1. The lowest BCUT2D eigenvalue weighted by molar-refractivity contribution is -0.384. The Morgan fingerprint density at radius 3 is 2.82 bits per heavy atom. The number of nitro benzene ring substituents is 1. The van der Waals surface area contributed by atoms with Gasteiger partial charge in [0.05, 0.1) is 16.9 Å². The van der Waals surface area contributed by atoms with Gasteiger partial charge in [0.2, 0.25) is 11.1 Å². The lowest BCUT2D eigenvalue weighted by Crippen LogP contribution is -2.35. The van der Waals surface area contributed by atoms with Crippen molar-refractivity contribution in [3.8, 4) is 11.3 Å². The van der Waals surface area contributed by atoms with Gasteiger partial charge in [0.15, 0.2) is 5.84 Å². The molecule has 0 aliphatic carbocycles. The summed E-state index contributed by atoms with van der Waals surface area (Å²) in [7, 11) is 0. The van der Waals surface area contributed by atoms with E-state index >= 15 is 0 Å². The van der Waals surface area contributed by atoms with Crippen LogP contribution >= 0.6 is 11.8 Å². The van der Waals surface area contributed by atoms with Crippen molar-refractivity contribution < 1.29 is 18.9 Å². The van der Waals surface area contributed by atoms with E-state index in [1.807, 2.05) is 0 Å². The van der Waals surface area contributed by atoms with Gasteiger partial charge in [-0.25, -0.2) is 0 Å². The summed E-state index contributed by atoms with van der Waals surface area (Å²) in [6, 6.07) is 9.23. The number of likely N-dealkylation sites (tertiary alicyclic amines) is 1. The molecular formula is C22H18N6O5S. The van der Waals surface area contributed by atoms with Crippen molar-refractivity contribution in [3.05, 3.63) is 57.8 Å². The molecule has 0 atom stereocenters. The number of nitrogens with zero attached hydrogens (tertiary/aromatic N) is 5. The number of rotatable bonds is 5. The van der Waals surface area contributed by atoms with Crippen molar-refractivity contribution in [3.63, 3.8) is 0 Å². The van der Waals surface area contributed by atoms with Gasteiger partial charge in [0.1, 0.15) is 16.6 Å². The molecule has 0 radical (unpaired) electrons. The minimum Gasteiger partial charge on any atom is -0.457 e. The molecule has 2 aromatic rings. The summed E-state index contributed by atoms with van der Waals surface area (Å²) in [5, 5.41) is 25.8. The topological polar surface area (TPSA) is 145 Å². The number of carbonyl (C=O) groups is 2. The van der Waals surface area contributed by atoms with E-state index in [1.165, 1.54) is 23.2 Å². The fraction of sp³-hybridized carbons (Fsp3) is 0.227. The summed E-state index contributed by atoms with van der Waals surface area (Å²) in [6.45, 7) is 1.48. The predicted octanol–water partition coefficient (Wildman–Crippen LogP) is 3.49. The zero-order chi connectivity index (χ0) is 23.8. The van der Waals surface area contributed by atoms with E-state index in [1.54, 1.807) is 29.2 Å². The predicted molar refractivity (Wildman–Crippen MR) is 126 cm³/mol. The highest BCUT2D eigenvalue weighted by Crippen LogP contribution is 2.31. The number of nitro groups is 1. The highest BCUT2D eigenvalue weighted by Gasteiger charge is 2.36. The standard InChI is InChI=1S/C22H18N6O5S/c23-20-16(11-15-6-7-17(33-15)13-4-3-5-14(10-13)28(31)32)21(30)24-22-27(20)25-18(34-22)12-19(29)26-8-1-2-9-26/h3-7,10-11,23H,1-2,8-9,12H2/b16-11-,23-20?. The fourth-order valence-corrected chi connectivity index (χ4v) is 4.69. The van der Waals surface area contributed by atoms with Crippen LogP contribution in [0.25, 0.3) is 17.4 Å². The first-order valence-electron chi connectivity index (χ1n) is 10.5. The van der Waals surface area contributed by atoms with Gasteiger partial charge in [-0.1, -0.05) is 12.1 Å². The van der Waals surface area contributed by atoms with E-state index in [4.69, 9.17) is 9.83 Å². The second-order valence-corrected chi connectivity index (χ2v) is 8.83. The van der Waals surface area contributed by atoms with Gasteiger partial charge in [-0.05, 0) is 42.8 Å². The number of fused-ring (bicyclic) bond motifs is 1. The van der Waals surface area contributed by atoms with Crippen molar-refractivity contribution in [2.24, 2.45) is 10.1 Å². The molecular weight excluding hydrogens is 460 g/mol.